The van der Waals surface area contributed by atoms with Crippen molar-refractivity contribution in [3.63, 3.8) is 0 Å². The molecule has 0 saturated carbocycles. The summed E-state index contributed by atoms with van der Waals surface area (Å²) in [6.07, 6.45) is -3.28. The van der Waals surface area contributed by atoms with Crippen molar-refractivity contribution in [1.29, 1.82) is 0 Å². The zero-order valence-electron chi connectivity index (χ0n) is 15.9. The third-order valence-electron chi connectivity index (χ3n) is 4.32. The molecule has 0 spiro atoms. The molecule has 3 aromatic rings. The first-order valence-corrected chi connectivity index (χ1v) is 8.74. The fourth-order valence-electron chi connectivity index (χ4n) is 2.84. The number of benzene rings is 2. The summed E-state index contributed by atoms with van der Waals surface area (Å²) in [6, 6.07) is 7.39. The SMILES string of the molecule is CCN(C(=O)c1nn(-c2cccc(C(F)(F)F)c2)cc1OC)c1ccc(F)c(F)c1. The molecule has 1 heterocycles. The van der Waals surface area contributed by atoms with Crippen molar-refractivity contribution in [1.82, 2.24) is 9.78 Å². The Morgan fingerprint density at radius 3 is 2.47 bits per heavy atom. The molecular weight excluding hydrogens is 409 g/mol. The van der Waals surface area contributed by atoms with Crippen LogP contribution in [-0.4, -0.2) is 29.3 Å². The van der Waals surface area contributed by atoms with Gasteiger partial charge in [-0.2, -0.15) is 18.3 Å². The second kappa shape index (κ2) is 8.13. The number of carbonyl (C=O) groups is 1. The molecule has 0 saturated heterocycles. The Balaban J connectivity index is 2.01. The van der Waals surface area contributed by atoms with E-state index in [2.05, 4.69) is 5.10 Å². The van der Waals surface area contributed by atoms with Gasteiger partial charge in [0.05, 0.1) is 24.6 Å². The highest BCUT2D eigenvalue weighted by Gasteiger charge is 2.31. The molecule has 2 aromatic carbocycles. The number of carbonyl (C=O) groups excluding carboxylic acids is 1. The van der Waals surface area contributed by atoms with Gasteiger partial charge in [0.2, 0.25) is 0 Å². The number of nitrogens with zero attached hydrogens (tertiary/aromatic N) is 3. The van der Waals surface area contributed by atoms with Gasteiger partial charge in [-0.25, -0.2) is 13.5 Å². The average Bonchev–Trinajstić information content (AvgIpc) is 3.15. The van der Waals surface area contributed by atoms with Crippen LogP contribution in [0.4, 0.5) is 27.6 Å². The van der Waals surface area contributed by atoms with E-state index in [1.54, 1.807) is 6.92 Å². The molecule has 0 aliphatic heterocycles. The second-order valence-electron chi connectivity index (χ2n) is 6.19. The number of ether oxygens (including phenoxy) is 1. The number of hydrogen-bond donors (Lipinski definition) is 0. The Kier molecular flexibility index (Phi) is 5.77. The Morgan fingerprint density at radius 2 is 1.87 bits per heavy atom. The van der Waals surface area contributed by atoms with Crippen molar-refractivity contribution in [2.24, 2.45) is 0 Å². The third-order valence-corrected chi connectivity index (χ3v) is 4.32. The number of hydrogen-bond acceptors (Lipinski definition) is 3. The lowest BCUT2D eigenvalue weighted by molar-refractivity contribution is -0.137. The molecule has 0 atom stereocenters. The lowest BCUT2D eigenvalue weighted by Crippen LogP contribution is -2.31. The third kappa shape index (κ3) is 4.12. The summed E-state index contributed by atoms with van der Waals surface area (Å²) in [6.45, 7) is 1.72. The minimum Gasteiger partial charge on any atom is -0.493 e. The van der Waals surface area contributed by atoms with Crippen LogP contribution < -0.4 is 9.64 Å². The number of rotatable bonds is 5. The highest BCUT2D eigenvalue weighted by Crippen LogP contribution is 2.31. The smallest absolute Gasteiger partial charge is 0.416 e. The van der Waals surface area contributed by atoms with Crippen molar-refractivity contribution < 1.29 is 31.5 Å². The first-order valence-electron chi connectivity index (χ1n) is 8.74. The van der Waals surface area contributed by atoms with Crippen molar-refractivity contribution in [2.45, 2.75) is 13.1 Å². The fraction of sp³-hybridized carbons (Fsp3) is 0.200. The number of aromatic nitrogens is 2. The molecule has 1 aromatic heterocycles. The van der Waals surface area contributed by atoms with Crippen molar-refractivity contribution in [3.05, 3.63) is 71.6 Å². The van der Waals surface area contributed by atoms with Gasteiger partial charge in [-0.15, -0.1) is 0 Å². The maximum atomic E-state index is 13.6. The molecule has 3 rings (SSSR count). The van der Waals surface area contributed by atoms with Gasteiger partial charge in [0.25, 0.3) is 5.91 Å². The monoisotopic (exact) mass is 425 g/mol. The van der Waals surface area contributed by atoms with Crippen LogP contribution in [0.3, 0.4) is 0 Å². The first kappa shape index (κ1) is 21.3. The molecule has 0 aliphatic rings. The van der Waals surface area contributed by atoms with E-state index in [1.165, 1.54) is 31.5 Å². The Labute approximate surface area is 168 Å². The number of anilines is 1. The molecular formula is C20H16F5N3O2. The van der Waals surface area contributed by atoms with Gasteiger partial charge in [-0.3, -0.25) is 4.79 Å². The Hall–Kier alpha value is -3.43. The first-order chi connectivity index (χ1) is 14.2. The van der Waals surface area contributed by atoms with E-state index in [0.717, 1.165) is 33.8 Å². The topological polar surface area (TPSA) is 47.4 Å². The van der Waals surface area contributed by atoms with E-state index in [9.17, 15) is 26.7 Å². The molecule has 0 N–H and O–H groups in total. The van der Waals surface area contributed by atoms with Crippen LogP contribution in [0.5, 0.6) is 5.75 Å². The largest absolute Gasteiger partial charge is 0.493 e. The predicted molar refractivity (Wildman–Crippen MR) is 98.8 cm³/mol. The second-order valence-corrected chi connectivity index (χ2v) is 6.19. The van der Waals surface area contributed by atoms with Crippen LogP contribution in [0, 0.1) is 11.6 Å². The summed E-state index contributed by atoms with van der Waals surface area (Å²) in [5.41, 5.74) is -0.907. The molecule has 1 amide bonds. The Morgan fingerprint density at radius 1 is 1.13 bits per heavy atom. The van der Waals surface area contributed by atoms with Crippen molar-refractivity contribution in [2.75, 3.05) is 18.6 Å². The van der Waals surface area contributed by atoms with Gasteiger partial charge in [0, 0.05) is 18.3 Å². The standard InChI is InChI=1S/C20H16F5N3O2/c1-3-27(13-7-8-15(21)16(22)10-13)19(29)18-17(30-2)11-28(26-18)14-6-4-5-12(9-14)20(23,24)25/h4-11H,3H2,1-2H3. The summed E-state index contributed by atoms with van der Waals surface area (Å²) < 4.78 is 72.0. The van der Waals surface area contributed by atoms with E-state index in [-0.39, 0.29) is 29.4 Å². The predicted octanol–water partition coefficient (Wildman–Crippen LogP) is 4.84. The summed E-state index contributed by atoms with van der Waals surface area (Å²) in [5.74, 6) is -2.86. The number of amides is 1. The van der Waals surface area contributed by atoms with Gasteiger partial charge in [-0.05, 0) is 37.3 Å². The van der Waals surface area contributed by atoms with Crippen LogP contribution in [0.2, 0.25) is 0 Å². The zero-order valence-corrected chi connectivity index (χ0v) is 15.9. The molecule has 0 radical (unpaired) electrons. The van der Waals surface area contributed by atoms with Crippen LogP contribution in [0.15, 0.2) is 48.7 Å². The van der Waals surface area contributed by atoms with Crippen molar-refractivity contribution in [3.8, 4) is 11.4 Å². The minimum atomic E-state index is -4.54. The average molecular weight is 425 g/mol. The van der Waals surface area contributed by atoms with Gasteiger partial charge >= 0.3 is 6.18 Å². The van der Waals surface area contributed by atoms with E-state index >= 15 is 0 Å². The van der Waals surface area contributed by atoms with E-state index in [1.807, 2.05) is 0 Å². The highest BCUT2D eigenvalue weighted by atomic mass is 19.4. The van der Waals surface area contributed by atoms with Crippen molar-refractivity contribution >= 4 is 11.6 Å². The van der Waals surface area contributed by atoms with Gasteiger partial charge in [0.15, 0.2) is 23.1 Å². The zero-order chi connectivity index (χ0) is 22.1. The summed E-state index contributed by atoms with van der Waals surface area (Å²) in [5, 5.41) is 4.07. The molecule has 30 heavy (non-hydrogen) atoms. The minimum absolute atomic E-state index is 0.0124. The summed E-state index contributed by atoms with van der Waals surface area (Å²) >= 11 is 0. The number of methoxy groups -OCH3 is 1. The maximum Gasteiger partial charge on any atom is 0.416 e. The van der Waals surface area contributed by atoms with Gasteiger partial charge < -0.3 is 9.64 Å². The van der Waals surface area contributed by atoms with E-state index < -0.39 is 29.3 Å². The molecule has 0 aliphatic carbocycles. The molecule has 0 unspecified atom stereocenters. The lowest BCUT2D eigenvalue weighted by atomic mass is 10.2. The summed E-state index contributed by atoms with van der Waals surface area (Å²) in [7, 11) is 1.28. The quantitative estimate of drug-likeness (QED) is 0.550. The van der Waals surface area contributed by atoms with Crippen LogP contribution in [-0.2, 0) is 6.18 Å². The molecule has 5 nitrogen and oxygen atoms in total. The van der Waals surface area contributed by atoms with Crippen LogP contribution in [0.25, 0.3) is 5.69 Å². The number of halogens is 5. The molecule has 10 heteroatoms. The van der Waals surface area contributed by atoms with Crippen LogP contribution >= 0.6 is 0 Å². The lowest BCUT2D eigenvalue weighted by Gasteiger charge is -2.20. The van der Waals surface area contributed by atoms with E-state index in [4.69, 9.17) is 4.74 Å². The maximum absolute atomic E-state index is 13.6. The van der Waals surface area contributed by atoms with Crippen LogP contribution in [0.1, 0.15) is 23.0 Å². The molecule has 0 fully saturated rings. The fourth-order valence-corrected chi connectivity index (χ4v) is 2.84. The Bertz CT molecular complexity index is 1080. The van der Waals surface area contributed by atoms with E-state index in [0.29, 0.717) is 0 Å². The molecule has 0 bridgehead atoms. The van der Waals surface area contributed by atoms with Gasteiger partial charge in [0.1, 0.15) is 0 Å². The van der Waals surface area contributed by atoms with Gasteiger partial charge in [-0.1, -0.05) is 6.07 Å². The highest BCUT2D eigenvalue weighted by molar-refractivity contribution is 6.06. The summed E-state index contributed by atoms with van der Waals surface area (Å²) in [4.78, 5) is 14.1. The number of alkyl halides is 3. The normalized spacial score (nSPS) is 11.4. The molecule has 158 valence electrons.